The summed E-state index contributed by atoms with van der Waals surface area (Å²) in [5.41, 5.74) is 1.71. The number of nitrogens with zero attached hydrogens (tertiary/aromatic N) is 1. The molecule has 0 saturated heterocycles. The van der Waals surface area contributed by atoms with E-state index in [1.54, 1.807) is 24.3 Å². The highest BCUT2D eigenvalue weighted by Gasteiger charge is 2.41. The predicted octanol–water partition coefficient (Wildman–Crippen LogP) is 5.71. The second-order valence-electron chi connectivity index (χ2n) is 6.93. The molecule has 0 aromatic heterocycles. The van der Waals surface area contributed by atoms with Crippen LogP contribution in [0.4, 0.5) is 0 Å². The molecule has 0 amide bonds. The van der Waals surface area contributed by atoms with Crippen LogP contribution in [0.25, 0.3) is 0 Å². The number of hydrogen-bond donors (Lipinski definition) is 0. The van der Waals surface area contributed by atoms with Gasteiger partial charge >= 0.3 is 0 Å². The first kappa shape index (κ1) is 20.2. The molecule has 0 radical (unpaired) electrons. The van der Waals surface area contributed by atoms with Crippen molar-refractivity contribution in [2.75, 3.05) is 0 Å². The van der Waals surface area contributed by atoms with E-state index in [0.717, 1.165) is 11.1 Å². The first-order valence-corrected chi connectivity index (χ1v) is 11.3. The minimum atomic E-state index is -3.85. The molecular weight excluding hydrogens is 429 g/mol. The van der Waals surface area contributed by atoms with Crippen LogP contribution in [-0.2, 0) is 16.6 Å². The van der Waals surface area contributed by atoms with Crippen molar-refractivity contribution in [2.45, 2.75) is 30.5 Å². The van der Waals surface area contributed by atoms with E-state index in [1.807, 2.05) is 49.4 Å². The van der Waals surface area contributed by atoms with E-state index in [2.05, 4.69) is 0 Å². The lowest BCUT2D eigenvalue weighted by molar-refractivity contribution is 0.124. The van der Waals surface area contributed by atoms with Crippen LogP contribution < -0.4 is 4.74 Å². The van der Waals surface area contributed by atoms with Gasteiger partial charge in [0.25, 0.3) is 0 Å². The average Bonchev–Trinajstić information content (AvgIpc) is 2.79. The molecule has 2 atom stereocenters. The lowest BCUT2D eigenvalue weighted by Gasteiger charge is -2.30. The smallest absolute Gasteiger partial charge is 0.247 e. The van der Waals surface area contributed by atoms with Crippen molar-refractivity contribution in [2.24, 2.45) is 0 Å². The van der Waals surface area contributed by atoms with Gasteiger partial charge < -0.3 is 4.74 Å². The van der Waals surface area contributed by atoms with Gasteiger partial charge in [0.15, 0.2) is 5.75 Å². The van der Waals surface area contributed by atoms with Crippen molar-refractivity contribution >= 4 is 33.2 Å². The van der Waals surface area contributed by atoms with Crippen LogP contribution in [0.5, 0.6) is 5.75 Å². The zero-order valence-electron chi connectivity index (χ0n) is 15.6. The van der Waals surface area contributed by atoms with Crippen LogP contribution in [0, 0.1) is 0 Å². The topological polar surface area (TPSA) is 46.6 Å². The summed E-state index contributed by atoms with van der Waals surface area (Å²) >= 11 is 12.3. The zero-order chi connectivity index (χ0) is 20.6. The molecular formula is C22H19Cl2NO3S. The van der Waals surface area contributed by atoms with E-state index in [0.29, 0.717) is 5.02 Å². The molecule has 4 nitrogen and oxygen atoms in total. The summed E-state index contributed by atoms with van der Waals surface area (Å²) in [4.78, 5) is 0.0734. The Morgan fingerprint density at radius 2 is 1.62 bits per heavy atom. The number of halogens is 2. The second kappa shape index (κ2) is 8.00. The average molecular weight is 448 g/mol. The third-order valence-corrected chi connectivity index (χ3v) is 7.54. The van der Waals surface area contributed by atoms with Crippen LogP contribution in [0.3, 0.4) is 0 Å². The Hall–Kier alpha value is -2.05. The lowest BCUT2D eigenvalue weighted by atomic mass is 10.0. The SMILES string of the molecule is C[C@H]1[C@@H](c2ccccc2)Oc2c(Cl)cccc2S(=O)(=O)N1Cc1ccc(Cl)cc1. The first-order chi connectivity index (χ1) is 13.9. The fraction of sp³-hybridized carbons (Fsp3) is 0.182. The number of para-hydroxylation sites is 1. The molecule has 0 unspecified atom stereocenters. The first-order valence-electron chi connectivity index (χ1n) is 9.14. The van der Waals surface area contributed by atoms with Gasteiger partial charge in [0, 0.05) is 11.6 Å². The maximum Gasteiger partial charge on any atom is 0.247 e. The Balaban J connectivity index is 1.86. The van der Waals surface area contributed by atoms with E-state index >= 15 is 0 Å². The Bertz CT molecular complexity index is 1120. The second-order valence-corrected chi connectivity index (χ2v) is 9.64. The predicted molar refractivity (Wildman–Crippen MR) is 115 cm³/mol. The molecule has 7 heteroatoms. The van der Waals surface area contributed by atoms with E-state index in [9.17, 15) is 8.42 Å². The van der Waals surface area contributed by atoms with Crippen molar-refractivity contribution < 1.29 is 13.2 Å². The summed E-state index contributed by atoms with van der Waals surface area (Å²) < 4.78 is 34.9. The number of rotatable bonds is 3. The third kappa shape index (κ3) is 3.88. The number of fused-ring (bicyclic) bond motifs is 1. The van der Waals surface area contributed by atoms with Gasteiger partial charge in [-0.2, -0.15) is 4.31 Å². The molecule has 0 N–H and O–H groups in total. The van der Waals surface area contributed by atoms with Gasteiger partial charge in [-0.15, -0.1) is 0 Å². The van der Waals surface area contributed by atoms with Gasteiger partial charge in [0.2, 0.25) is 10.0 Å². The quantitative estimate of drug-likeness (QED) is 0.516. The van der Waals surface area contributed by atoms with E-state index in [1.165, 1.54) is 10.4 Å². The van der Waals surface area contributed by atoms with Crippen LogP contribution in [0.15, 0.2) is 77.7 Å². The molecule has 3 aromatic carbocycles. The summed E-state index contributed by atoms with van der Waals surface area (Å²) in [6.45, 7) is 2.05. The van der Waals surface area contributed by atoms with E-state index < -0.39 is 22.2 Å². The normalized spacial score (nSPS) is 21.1. The Morgan fingerprint density at radius 3 is 2.31 bits per heavy atom. The number of hydrogen-bond acceptors (Lipinski definition) is 3. The van der Waals surface area contributed by atoms with Crippen LogP contribution in [0.1, 0.15) is 24.2 Å². The molecule has 4 rings (SSSR count). The van der Waals surface area contributed by atoms with Crippen molar-refractivity contribution in [3.63, 3.8) is 0 Å². The van der Waals surface area contributed by atoms with Gasteiger partial charge in [-0.3, -0.25) is 0 Å². The number of benzene rings is 3. The van der Waals surface area contributed by atoms with Crippen LogP contribution in [0.2, 0.25) is 10.0 Å². The highest BCUT2D eigenvalue weighted by atomic mass is 35.5. The highest BCUT2D eigenvalue weighted by Crippen LogP contribution is 2.43. The van der Waals surface area contributed by atoms with E-state index in [-0.39, 0.29) is 22.2 Å². The Labute approximate surface area is 180 Å². The molecule has 1 heterocycles. The van der Waals surface area contributed by atoms with Crippen molar-refractivity contribution in [1.29, 1.82) is 0 Å². The van der Waals surface area contributed by atoms with Gasteiger partial charge in [0.05, 0.1) is 11.1 Å². The summed E-state index contributed by atoms with van der Waals surface area (Å²) in [6.07, 6.45) is -0.514. The molecule has 0 aliphatic carbocycles. The minimum absolute atomic E-state index is 0.0734. The lowest BCUT2D eigenvalue weighted by Crippen LogP contribution is -2.41. The molecule has 1 aliphatic rings. The fourth-order valence-corrected chi connectivity index (χ4v) is 5.68. The largest absolute Gasteiger partial charge is 0.481 e. The Kier molecular flexibility index (Phi) is 5.58. The van der Waals surface area contributed by atoms with Gasteiger partial charge in [-0.1, -0.05) is 71.7 Å². The fourth-order valence-electron chi connectivity index (χ4n) is 3.52. The van der Waals surface area contributed by atoms with Crippen LogP contribution in [-0.4, -0.2) is 18.8 Å². The van der Waals surface area contributed by atoms with Crippen LogP contribution >= 0.6 is 23.2 Å². The minimum Gasteiger partial charge on any atom is -0.481 e. The molecule has 1 aliphatic heterocycles. The summed E-state index contributed by atoms with van der Waals surface area (Å²) in [6, 6.07) is 21.0. The number of ether oxygens (including phenoxy) is 1. The van der Waals surface area contributed by atoms with Gasteiger partial charge in [0.1, 0.15) is 11.0 Å². The molecule has 0 spiro atoms. The van der Waals surface area contributed by atoms with E-state index in [4.69, 9.17) is 27.9 Å². The molecule has 0 saturated carbocycles. The molecule has 150 valence electrons. The molecule has 0 fully saturated rings. The molecule has 3 aromatic rings. The van der Waals surface area contributed by atoms with Crippen molar-refractivity contribution in [1.82, 2.24) is 4.31 Å². The maximum absolute atomic E-state index is 13.6. The summed E-state index contributed by atoms with van der Waals surface area (Å²) in [7, 11) is -3.85. The monoisotopic (exact) mass is 447 g/mol. The third-order valence-electron chi connectivity index (χ3n) is 5.03. The zero-order valence-corrected chi connectivity index (χ0v) is 18.0. The standard InChI is InChI=1S/C22H19Cl2NO3S/c1-15-21(17-6-3-2-4-7-17)28-22-19(24)8-5-9-20(22)29(26,27)25(15)14-16-10-12-18(23)13-11-16/h2-13,15,21H,14H2,1H3/t15-,21-/m0/s1. The highest BCUT2D eigenvalue weighted by molar-refractivity contribution is 7.89. The summed E-state index contributed by atoms with van der Waals surface area (Å²) in [5.74, 6) is 0.188. The Morgan fingerprint density at radius 1 is 0.931 bits per heavy atom. The maximum atomic E-state index is 13.6. The van der Waals surface area contributed by atoms with Gasteiger partial charge in [-0.05, 0) is 42.3 Å². The van der Waals surface area contributed by atoms with Crippen molar-refractivity contribution in [3.8, 4) is 5.75 Å². The van der Waals surface area contributed by atoms with Gasteiger partial charge in [-0.25, -0.2) is 8.42 Å². The summed E-state index contributed by atoms with van der Waals surface area (Å²) in [5, 5.41) is 0.871. The number of sulfonamides is 1. The molecule has 29 heavy (non-hydrogen) atoms. The molecule has 0 bridgehead atoms. The van der Waals surface area contributed by atoms with Crippen molar-refractivity contribution in [3.05, 3.63) is 94.0 Å².